The van der Waals surface area contributed by atoms with Crippen molar-refractivity contribution >= 4 is 11.8 Å². The fourth-order valence-corrected chi connectivity index (χ4v) is 1.84. The van der Waals surface area contributed by atoms with Crippen LogP contribution in [0.2, 0.25) is 0 Å². The summed E-state index contributed by atoms with van der Waals surface area (Å²) < 4.78 is 5.16. The molecule has 104 valence electrons. The summed E-state index contributed by atoms with van der Waals surface area (Å²) in [6.45, 7) is 4.67. The van der Waals surface area contributed by atoms with Crippen LogP contribution < -0.4 is 5.73 Å². The van der Waals surface area contributed by atoms with Crippen molar-refractivity contribution < 1.29 is 14.3 Å². The highest BCUT2D eigenvalue weighted by Crippen LogP contribution is 2.12. The van der Waals surface area contributed by atoms with Crippen LogP contribution in [-0.4, -0.2) is 57.7 Å². The van der Waals surface area contributed by atoms with Gasteiger partial charge in [0.1, 0.15) is 11.9 Å². The number of aromatic amines is 1. The highest BCUT2D eigenvalue weighted by Gasteiger charge is 2.33. The molecule has 8 nitrogen and oxygen atoms in total. The Balaban J connectivity index is 2.18. The molecule has 1 atom stereocenters. The van der Waals surface area contributed by atoms with Crippen molar-refractivity contribution in [2.45, 2.75) is 25.8 Å². The molecule has 0 saturated carbocycles. The van der Waals surface area contributed by atoms with E-state index in [1.807, 2.05) is 13.8 Å². The van der Waals surface area contributed by atoms with Crippen LogP contribution in [0.4, 0.5) is 0 Å². The van der Waals surface area contributed by atoms with Gasteiger partial charge in [-0.2, -0.15) is 0 Å². The number of nitrogens with zero attached hydrogens (tertiary/aromatic N) is 3. The third-order valence-electron chi connectivity index (χ3n) is 2.96. The number of primary amides is 1. The van der Waals surface area contributed by atoms with Crippen LogP contribution in [0.15, 0.2) is 0 Å². The van der Waals surface area contributed by atoms with Crippen molar-refractivity contribution in [2.24, 2.45) is 5.73 Å². The maximum Gasteiger partial charge on any atom is 0.294 e. The second kappa shape index (κ2) is 5.35. The van der Waals surface area contributed by atoms with Crippen molar-refractivity contribution in [3.63, 3.8) is 0 Å². The minimum Gasteiger partial charge on any atom is -0.377 e. The Labute approximate surface area is 110 Å². The topological polar surface area (TPSA) is 114 Å². The van der Waals surface area contributed by atoms with E-state index >= 15 is 0 Å². The molecule has 0 aliphatic carbocycles. The number of hydrogen-bond donors (Lipinski definition) is 2. The third-order valence-corrected chi connectivity index (χ3v) is 2.96. The SMILES string of the molecule is CC(C)c1nc(C(=O)N2CCOCC2C(N)=O)n[nH]1. The molecule has 1 aromatic rings. The second-order valence-corrected chi connectivity index (χ2v) is 4.69. The monoisotopic (exact) mass is 267 g/mol. The zero-order chi connectivity index (χ0) is 14.0. The molecule has 0 bridgehead atoms. The maximum atomic E-state index is 12.3. The van der Waals surface area contributed by atoms with Crippen LogP contribution >= 0.6 is 0 Å². The maximum absolute atomic E-state index is 12.3. The lowest BCUT2D eigenvalue weighted by Gasteiger charge is -2.32. The van der Waals surface area contributed by atoms with Crippen LogP contribution in [0, 0.1) is 0 Å². The zero-order valence-electron chi connectivity index (χ0n) is 10.9. The largest absolute Gasteiger partial charge is 0.377 e. The van der Waals surface area contributed by atoms with Gasteiger partial charge in [-0.05, 0) is 0 Å². The van der Waals surface area contributed by atoms with E-state index in [1.54, 1.807) is 0 Å². The van der Waals surface area contributed by atoms with Gasteiger partial charge in [0.2, 0.25) is 11.7 Å². The van der Waals surface area contributed by atoms with Gasteiger partial charge < -0.3 is 15.4 Å². The van der Waals surface area contributed by atoms with E-state index in [4.69, 9.17) is 10.5 Å². The Bertz CT molecular complexity index is 484. The summed E-state index contributed by atoms with van der Waals surface area (Å²) in [5, 5.41) is 6.60. The number of rotatable bonds is 3. The number of H-pyrrole nitrogens is 1. The summed E-state index contributed by atoms with van der Waals surface area (Å²) >= 11 is 0. The Kier molecular flexibility index (Phi) is 3.79. The molecule has 2 rings (SSSR count). The summed E-state index contributed by atoms with van der Waals surface area (Å²) in [6.07, 6.45) is 0. The smallest absolute Gasteiger partial charge is 0.294 e. The van der Waals surface area contributed by atoms with Gasteiger partial charge in [-0.3, -0.25) is 14.7 Å². The molecule has 1 aliphatic rings. The number of morpholine rings is 1. The van der Waals surface area contributed by atoms with Gasteiger partial charge in [0.15, 0.2) is 0 Å². The molecule has 2 heterocycles. The van der Waals surface area contributed by atoms with Crippen molar-refractivity contribution in [3.8, 4) is 0 Å². The highest BCUT2D eigenvalue weighted by atomic mass is 16.5. The molecule has 2 amide bonds. The van der Waals surface area contributed by atoms with Crippen molar-refractivity contribution in [1.29, 1.82) is 0 Å². The molecule has 0 spiro atoms. The summed E-state index contributed by atoms with van der Waals surface area (Å²) in [7, 11) is 0. The van der Waals surface area contributed by atoms with Gasteiger partial charge in [-0.25, -0.2) is 4.98 Å². The van der Waals surface area contributed by atoms with E-state index in [2.05, 4.69) is 15.2 Å². The number of aromatic nitrogens is 3. The molecule has 19 heavy (non-hydrogen) atoms. The number of carbonyl (C=O) groups excluding carboxylic acids is 2. The lowest BCUT2D eigenvalue weighted by atomic mass is 10.2. The second-order valence-electron chi connectivity index (χ2n) is 4.69. The number of amides is 2. The van der Waals surface area contributed by atoms with Crippen molar-refractivity contribution in [3.05, 3.63) is 11.6 Å². The van der Waals surface area contributed by atoms with E-state index in [1.165, 1.54) is 4.90 Å². The summed E-state index contributed by atoms with van der Waals surface area (Å²) in [5.41, 5.74) is 5.27. The van der Waals surface area contributed by atoms with Crippen LogP contribution in [-0.2, 0) is 9.53 Å². The predicted octanol–water partition coefficient (Wildman–Crippen LogP) is -0.746. The van der Waals surface area contributed by atoms with Crippen molar-refractivity contribution in [1.82, 2.24) is 20.1 Å². The fraction of sp³-hybridized carbons (Fsp3) is 0.636. The molecule has 1 fully saturated rings. The molecule has 0 aromatic carbocycles. The first kappa shape index (κ1) is 13.5. The number of nitrogens with two attached hydrogens (primary N) is 1. The Morgan fingerprint density at radius 3 is 2.84 bits per heavy atom. The Morgan fingerprint density at radius 2 is 2.26 bits per heavy atom. The fourth-order valence-electron chi connectivity index (χ4n) is 1.84. The first-order valence-corrected chi connectivity index (χ1v) is 6.11. The lowest BCUT2D eigenvalue weighted by Crippen LogP contribution is -2.54. The first-order chi connectivity index (χ1) is 9.00. The van der Waals surface area contributed by atoms with Crippen LogP contribution in [0.1, 0.15) is 36.2 Å². The predicted molar refractivity (Wildman–Crippen MR) is 65.3 cm³/mol. The normalized spacial score (nSPS) is 19.7. The molecule has 1 unspecified atom stereocenters. The third kappa shape index (κ3) is 2.73. The Morgan fingerprint density at radius 1 is 1.53 bits per heavy atom. The molecule has 1 aromatic heterocycles. The van der Waals surface area contributed by atoms with Gasteiger partial charge in [-0.1, -0.05) is 13.8 Å². The Hall–Kier alpha value is -1.96. The summed E-state index contributed by atoms with van der Waals surface area (Å²) in [6, 6.07) is -0.762. The van der Waals surface area contributed by atoms with Gasteiger partial charge in [0.25, 0.3) is 5.91 Å². The van der Waals surface area contributed by atoms with E-state index < -0.39 is 17.9 Å². The molecular weight excluding hydrogens is 250 g/mol. The first-order valence-electron chi connectivity index (χ1n) is 6.11. The standard InChI is InChI=1S/C11H17N5O3/c1-6(2)9-13-10(15-14-9)11(18)16-3-4-19-5-7(16)8(12)17/h6-7H,3-5H2,1-2H3,(H2,12,17)(H,13,14,15). The van der Waals surface area contributed by atoms with Crippen LogP contribution in [0.25, 0.3) is 0 Å². The lowest BCUT2D eigenvalue weighted by molar-refractivity contribution is -0.127. The van der Waals surface area contributed by atoms with Crippen LogP contribution in [0.5, 0.6) is 0 Å². The summed E-state index contributed by atoms with van der Waals surface area (Å²) in [4.78, 5) is 29.1. The minimum atomic E-state index is -0.762. The van der Waals surface area contributed by atoms with Crippen LogP contribution in [0.3, 0.4) is 0 Å². The molecule has 8 heteroatoms. The van der Waals surface area contributed by atoms with Gasteiger partial charge >= 0.3 is 0 Å². The van der Waals surface area contributed by atoms with E-state index in [-0.39, 0.29) is 18.3 Å². The van der Waals surface area contributed by atoms with E-state index in [0.29, 0.717) is 19.0 Å². The molecule has 0 radical (unpaired) electrons. The molecule has 3 N–H and O–H groups in total. The van der Waals surface area contributed by atoms with Gasteiger partial charge in [0, 0.05) is 12.5 Å². The average molecular weight is 267 g/mol. The number of hydrogen-bond acceptors (Lipinski definition) is 5. The summed E-state index contributed by atoms with van der Waals surface area (Å²) in [5.74, 6) is -0.169. The van der Waals surface area contributed by atoms with E-state index in [0.717, 1.165) is 0 Å². The van der Waals surface area contributed by atoms with Crippen molar-refractivity contribution in [2.75, 3.05) is 19.8 Å². The van der Waals surface area contributed by atoms with Gasteiger partial charge in [-0.15, -0.1) is 5.10 Å². The number of carbonyl (C=O) groups is 2. The molecule has 1 saturated heterocycles. The minimum absolute atomic E-state index is 0.0526. The quantitative estimate of drug-likeness (QED) is 0.748. The number of nitrogens with one attached hydrogen (secondary N) is 1. The number of ether oxygens (including phenoxy) is 1. The average Bonchev–Trinajstić information content (AvgIpc) is 2.87. The van der Waals surface area contributed by atoms with E-state index in [9.17, 15) is 9.59 Å². The zero-order valence-corrected chi connectivity index (χ0v) is 10.9. The molecule has 1 aliphatic heterocycles. The van der Waals surface area contributed by atoms with Gasteiger partial charge in [0.05, 0.1) is 13.2 Å². The molecular formula is C11H17N5O3. The highest BCUT2D eigenvalue weighted by molar-refractivity contribution is 5.94.